The van der Waals surface area contributed by atoms with E-state index in [-0.39, 0.29) is 0 Å². The molecule has 0 saturated carbocycles. The Morgan fingerprint density at radius 1 is 0.139 bits per heavy atom. The first kappa shape index (κ1) is 59.6. The van der Waals surface area contributed by atoms with Crippen LogP contribution in [-0.4, -0.2) is 0 Å². The Hall–Kier alpha value is -5.52. The predicted octanol–water partition coefficient (Wildman–Crippen LogP) is 15.5. The maximum Gasteiger partial charge on any atom is -0.0134 e. The van der Waals surface area contributed by atoms with Crippen molar-refractivity contribution in [3.05, 3.63) is 364 Å². The molecule has 0 aliphatic carbocycles. The fraction of sp³-hybridized carbons (Fsp3) is 0. The van der Waals surface area contributed by atoms with E-state index in [4.69, 9.17) is 0 Å². The fourth-order valence-electron chi connectivity index (χ4n) is 8.71. The van der Waals surface area contributed by atoms with Gasteiger partial charge in [-0.1, -0.05) is 364 Å². The molecule has 0 amide bonds. The van der Waals surface area contributed by atoms with E-state index >= 15 is 0 Å². The second-order valence-electron chi connectivity index (χ2n) is 17.4. The van der Waals surface area contributed by atoms with Crippen LogP contribution >= 0.6 is 70.7 Å². The third-order valence-electron chi connectivity index (χ3n) is 12.2. The van der Waals surface area contributed by atoms with Crippen LogP contribution in [0, 0.1) is 0 Å². The predicted molar refractivity (Wildman–Crippen MR) is 369 cm³/mol. The zero-order valence-corrected chi connectivity index (χ0v) is 52.9. The molecule has 0 aromatic heterocycles. The molecule has 12 rings (SSSR count). The molecule has 12 aromatic carbocycles. The third-order valence-corrected chi connectivity index (χ3v) is 21.9. The molecular formula is C72H60I2P4Pd. The quantitative estimate of drug-likeness (QED) is 0.0650. The average molecular weight is 1410 g/mol. The van der Waals surface area contributed by atoms with E-state index in [0.29, 0.717) is 0 Å². The van der Waals surface area contributed by atoms with Gasteiger partial charge in [0.05, 0.1) is 0 Å². The van der Waals surface area contributed by atoms with Gasteiger partial charge in [-0.3, -0.25) is 0 Å². The van der Waals surface area contributed by atoms with Gasteiger partial charge in [-0.25, -0.2) is 0 Å². The van der Waals surface area contributed by atoms with Crippen LogP contribution in [0.3, 0.4) is 0 Å². The van der Waals surface area contributed by atoms with Gasteiger partial charge < -0.3 is 0 Å². The van der Waals surface area contributed by atoms with Gasteiger partial charge in [-0.2, -0.15) is 0 Å². The van der Waals surface area contributed by atoms with Crippen LogP contribution in [0.4, 0.5) is 0 Å². The van der Waals surface area contributed by atoms with Crippen LogP contribution in [-0.2, 0) is 10.8 Å². The molecule has 0 aliphatic heterocycles. The van der Waals surface area contributed by atoms with Crippen molar-refractivity contribution in [1.29, 1.82) is 0 Å². The van der Waals surface area contributed by atoms with Crippen molar-refractivity contribution in [2.45, 2.75) is 0 Å². The van der Waals surface area contributed by atoms with E-state index in [2.05, 4.69) is 403 Å². The largest absolute Gasteiger partial charge is 0.0622 e. The summed E-state index contributed by atoms with van der Waals surface area (Å²) in [6.07, 6.45) is 0. The Morgan fingerprint density at radius 3 is 0.266 bits per heavy atom. The second-order valence-corrected chi connectivity index (χ2v) is 38.3. The van der Waals surface area contributed by atoms with Gasteiger partial charge in [0.25, 0.3) is 0 Å². The minimum Gasteiger partial charge on any atom is -0.0622 e. The summed E-state index contributed by atoms with van der Waals surface area (Å²) in [5, 5.41) is 16.8. The SMILES string of the molecule is [I][Pd][I].c1ccc(P(c2ccccc2)c2ccccc2)cc1.c1ccc(P(c2ccccc2)c2ccccc2)cc1.c1ccc(P(c2ccccc2)c2ccccc2)cc1.c1ccc(P(c2ccccc2)c2ccccc2)cc1. The molecule has 0 nitrogen and oxygen atoms in total. The van der Waals surface area contributed by atoms with E-state index in [1.54, 1.807) is 0 Å². The van der Waals surface area contributed by atoms with Gasteiger partial charge in [-0.05, 0) is 95.3 Å². The van der Waals surface area contributed by atoms with E-state index in [1.807, 2.05) is 0 Å². The first-order valence-corrected chi connectivity index (χ1v) is 40.5. The van der Waals surface area contributed by atoms with E-state index in [9.17, 15) is 0 Å². The van der Waals surface area contributed by atoms with Gasteiger partial charge in [0.15, 0.2) is 0 Å². The van der Waals surface area contributed by atoms with Crippen LogP contribution in [0.1, 0.15) is 0 Å². The van der Waals surface area contributed by atoms with Crippen molar-refractivity contribution >= 4 is 134 Å². The Labute approximate surface area is 504 Å². The van der Waals surface area contributed by atoms with Gasteiger partial charge >= 0.3 is 49.8 Å². The second kappa shape index (κ2) is 34.6. The fourth-order valence-corrected chi connectivity index (χ4v) is 17.9. The average Bonchev–Trinajstić information content (AvgIpc) is 3.55. The van der Waals surface area contributed by atoms with E-state index < -0.39 is 31.7 Å². The molecule has 0 saturated heterocycles. The molecule has 0 unspecified atom stereocenters. The van der Waals surface area contributed by atoms with Crippen molar-refractivity contribution < 1.29 is 10.8 Å². The maximum atomic E-state index is 2.33. The third kappa shape index (κ3) is 18.8. The molecule has 7 heteroatoms. The normalized spacial score (nSPS) is 10.5. The first-order valence-electron chi connectivity index (χ1n) is 25.9. The topological polar surface area (TPSA) is 0 Å². The summed E-state index contributed by atoms with van der Waals surface area (Å²) in [6, 6.07) is 129. The molecular weight excluding hydrogens is 1350 g/mol. The smallest absolute Gasteiger partial charge is 0.0134 e. The Bertz CT molecular complexity index is 2610. The zero-order valence-electron chi connectivity index (χ0n) is 43.5. The first-order chi connectivity index (χ1) is 39.2. The summed E-state index contributed by atoms with van der Waals surface area (Å²) in [7, 11) is -0.894. The number of hydrogen-bond acceptors (Lipinski definition) is 0. The van der Waals surface area contributed by atoms with Gasteiger partial charge in [-0.15, -0.1) is 0 Å². The molecule has 0 heterocycles. The van der Waals surface area contributed by atoms with Crippen molar-refractivity contribution in [2.24, 2.45) is 0 Å². The van der Waals surface area contributed by atoms with Crippen molar-refractivity contribution in [1.82, 2.24) is 0 Å². The number of hydrogen-bond donors (Lipinski definition) is 0. The van der Waals surface area contributed by atoms with Crippen molar-refractivity contribution in [3.63, 3.8) is 0 Å². The maximum absolute atomic E-state index is 2.33. The molecule has 0 aliphatic rings. The molecule has 392 valence electrons. The molecule has 0 spiro atoms. The monoisotopic (exact) mass is 1410 g/mol. The molecule has 0 atom stereocenters. The van der Waals surface area contributed by atoms with Crippen LogP contribution in [0.5, 0.6) is 0 Å². The summed E-state index contributed by atoms with van der Waals surface area (Å²) in [5.41, 5.74) is 0. The Balaban J connectivity index is 0.000000136. The summed E-state index contributed by atoms with van der Waals surface area (Å²) in [4.78, 5) is 0. The van der Waals surface area contributed by atoms with Gasteiger partial charge in [0.2, 0.25) is 0 Å². The van der Waals surface area contributed by atoms with Crippen LogP contribution in [0.2, 0.25) is 0 Å². The number of halogens is 2. The van der Waals surface area contributed by atoms with Crippen LogP contribution < -0.4 is 63.7 Å². The van der Waals surface area contributed by atoms with E-state index in [0.717, 1.165) is 10.8 Å². The summed E-state index contributed by atoms with van der Waals surface area (Å²) >= 11 is 4.65. The zero-order chi connectivity index (χ0) is 54.4. The van der Waals surface area contributed by atoms with Crippen LogP contribution in [0.25, 0.3) is 0 Å². The van der Waals surface area contributed by atoms with E-state index in [1.165, 1.54) is 63.7 Å². The van der Waals surface area contributed by atoms with Crippen molar-refractivity contribution in [2.75, 3.05) is 0 Å². The molecule has 0 bridgehead atoms. The number of benzene rings is 12. The Morgan fingerprint density at radius 2 is 0.203 bits per heavy atom. The number of rotatable bonds is 12. The van der Waals surface area contributed by atoms with Crippen molar-refractivity contribution in [3.8, 4) is 0 Å². The molecule has 12 aromatic rings. The minimum absolute atomic E-state index is 0.446. The molecule has 79 heavy (non-hydrogen) atoms. The summed E-state index contributed by atoms with van der Waals surface area (Å²) in [6.45, 7) is 0. The standard InChI is InChI=1S/4C18H15P.2HI.Pd/c4*1-4-10-16(11-5-1)19(17-12-6-2-7-13-17)18-14-8-3-9-15-18;;;/h4*1-15H;2*1H;/q;;;;;;+2/p-2. The minimum atomic E-state index is -0.446. The summed E-state index contributed by atoms with van der Waals surface area (Å²) in [5.74, 6) is 0. The molecule has 0 fully saturated rings. The Kier molecular flexibility index (Phi) is 26.1. The molecule has 0 N–H and O–H groups in total. The van der Waals surface area contributed by atoms with Gasteiger partial charge in [0.1, 0.15) is 0 Å². The summed E-state index contributed by atoms with van der Waals surface area (Å²) < 4.78 is 0. The molecule has 0 radical (unpaired) electrons. The van der Waals surface area contributed by atoms with Gasteiger partial charge in [0, 0.05) is 0 Å². The van der Waals surface area contributed by atoms with Crippen LogP contribution in [0.15, 0.2) is 364 Å².